The van der Waals surface area contributed by atoms with Gasteiger partial charge in [0, 0.05) is 5.92 Å². The van der Waals surface area contributed by atoms with Crippen molar-refractivity contribution in [3.8, 4) is 5.75 Å². The first kappa shape index (κ1) is 26.6. The molecule has 2 aromatic carbocycles. The van der Waals surface area contributed by atoms with Crippen LogP contribution >= 0.6 is 0 Å². The van der Waals surface area contributed by atoms with Crippen LogP contribution in [0.2, 0.25) is 0 Å². The number of nitrogens with zero attached hydrogens (tertiary/aromatic N) is 1. The molecule has 3 aliphatic rings. The molecule has 5 N–H and O–H groups in total. The van der Waals surface area contributed by atoms with E-state index in [0.717, 1.165) is 5.56 Å². The molecular weight excluding hydrogens is 504 g/mol. The van der Waals surface area contributed by atoms with Gasteiger partial charge in [-0.1, -0.05) is 48.0 Å². The van der Waals surface area contributed by atoms with Crippen molar-refractivity contribution in [3.05, 3.63) is 64.7 Å². The van der Waals surface area contributed by atoms with Gasteiger partial charge in [0.25, 0.3) is 0 Å². The maximum Gasteiger partial charge on any atom is 0.235 e. The van der Waals surface area contributed by atoms with E-state index >= 15 is 0 Å². The molecule has 3 aliphatic carbocycles. The van der Waals surface area contributed by atoms with E-state index in [-0.39, 0.29) is 11.1 Å². The predicted molar refractivity (Wildman–Crippen MR) is 138 cm³/mol. The highest BCUT2D eigenvalue weighted by atomic mass is 16.3. The normalized spacial score (nSPS) is 33.1. The van der Waals surface area contributed by atoms with Crippen LogP contribution in [0, 0.1) is 30.6 Å². The highest BCUT2D eigenvalue weighted by Gasteiger charge is 2.72. The minimum absolute atomic E-state index is 0.186. The third kappa shape index (κ3) is 3.63. The van der Waals surface area contributed by atoms with Crippen LogP contribution in [0.3, 0.4) is 0 Å². The summed E-state index contributed by atoms with van der Waals surface area (Å²) in [5.74, 6) is -13.1. The lowest BCUT2D eigenvalue weighted by molar-refractivity contribution is -0.192. The van der Waals surface area contributed by atoms with Crippen molar-refractivity contribution in [1.82, 2.24) is 4.90 Å². The van der Waals surface area contributed by atoms with Gasteiger partial charge in [0.2, 0.25) is 5.91 Å². The van der Waals surface area contributed by atoms with Crippen LogP contribution in [0.4, 0.5) is 0 Å². The Morgan fingerprint density at radius 3 is 2.26 bits per heavy atom. The monoisotopic (exact) mass is 532 g/mol. The maximum absolute atomic E-state index is 14.1. The summed E-state index contributed by atoms with van der Waals surface area (Å²) in [5, 5.41) is 34.2. The predicted octanol–water partition coefficient (Wildman–Crippen LogP) is 0.144. The molecule has 2 aromatic rings. The van der Waals surface area contributed by atoms with Crippen LogP contribution in [0.25, 0.3) is 11.6 Å². The smallest absolute Gasteiger partial charge is 0.235 e. The van der Waals surface area contributed by atoms with Crippen molar-refractivity contribution in [2.45, 2.75) is 24.7 Å². The summed E-state index contributed by atoms with van der Waals surface area (Å²) in [4.78, 5) is 68.1. The quantitative estimate of drug-likeness (QED) is 0.401. The van der Waals surface area contributed by atoms with Crippen molar-refractivity contribution in [2.75, 3.05) is 14.1 Å². The number of fused-ring (bicyclic) bond motifs is 3. The summed E-state index contributed by atoms with van der Waals surface area (Å²) >= 11 is 0. The Labute approximate surface area is 223 Å². The molecule has 0 heterocycles. The lowest BCUT2D eigenvalue weighted by Crippen LogP contribution is -2.77. The number of ketones is 4. The fourth-order valence-corrected chi connectivity index (χ4v) is 6.51. The number of rotatable bonds is 3. The Morgan fingerprint density at radius 2 is 1.67 bits per heavy atom. The molecule has 202 valence electrons. The number of benzene rings is 2. The number of aromatic hydroxyl groups is 1. The molecule has 2 unspecified atom stereocenters. The van der Waals surface area contributed by atoms with E-state index in [1.807, 2.05) is 19.1 Å². The summed E-state index contributed by atoms with van der Waals surface area (Å²) in [6.07, 6.45) is -0.0746. The zero-order chi connectivity index (χ0) is 28.5. The lowest BCUT2D eigenvalue weighted by atomic mass is 9.50. The Kier molecular flexibility index (Phi) is 6.17. The second-order valence-corrected chi connectivity index (χ2v) is 10.7. The number of hydrogen-bond acceptors (Lipinski definition) is 9. The van der Waals surface area contributed by atoms with Gasteiger partial charge in [0.15, 0.2) is 34.7 Å². The van der Waals surface area contributed by atoms with E-state index in [0.29, 0.717) is 11.1 Å². The van der Waals surface area contributed by atoms with Crippen molar-refractivity contribution >= 4 is 40.7 Å². The SMILES string of the molecule is Cc1ccc(/C=C2\c3cccc(O)c3C(=O)C3C(=O)[C@]4(O)C(=O)C(C(N)=O)C(=O)[C@@H](N(C)C)[C@@H]4[C@@H](O)[C@H]23)cc1. The average molecular weight is 533 g/mol. The fourth-order valence-electron chi connectivity index (χ4n) is 6.51. The molecule has 10 nitrogen and oxygen atoms in total. The topological polar surface area (TPSA) is 175 Å². The Balaban J connectivity index is 1.79. The second-order valence-electron chi connectivity index (χ2n) is 10.7. The first-order valence-corrected chi connectivity index (χ1v) is 12.5. The molecule has 0 radical (unpaired) electrons. The summed E-state index contributed by atoms with van der Waals surface area (Å²) in [5.41, 5.74) is 4.38. The lowest BCUT2D eigenvalue weighted by Gasteiger charge is -2.55. The van der Waals surface area contributed by atoms with Gasteiger partial charge in [0.1, 0.15) is 5.75 Å². The van der Waals surface area contributed by atoms with Gasteiger partial charge in [-0.2, -0.15) is 0 Å². The number of Topliss-reactive ketones (excluding diaryl/α,β-unsaturated/α-hetero) is 4. The van der Waals surface area contributed by atoms with Crippen LogP contribution < -0.4 is 5.73 Å². The molecule has 2 saturated carbocycles. The molecule has 5 rings (SSSR count). The van der Waals surface area contributed by atoms with Gasteiger partial charge in [0.05, 0.1) is 29.5 Å². The molecule has 10 heteroatoms. The number of hydrogen-bond donors (Lipinski definition) is 4. The molecule has 0 bridgehead atoms. The summed E-state index contributed by atoms with van der Waals surface area (Å²) in [6, 6.07) is 10.2. The van der Waals surface area contributed by atoms with Gasteiger partial charge in [-0.3, -0.25) is 28.9 Å². The van der Waals surface area contributed by atoms with E-state index < -0.39 is 76.2 Å². The molecular formula is C29H28N2O8. The molecule has 0 saturated heterocycles. The zero-order valence-corrected chi connectivity index (χ0v) is 21.5. The van der Waals surface area contributed by atoms with Crippen LogP contribution in [-0.4, -0.2) is 81.1 Å². The Hall–Kier alpha value is -3.99. The van der Waals surface area contributed by atoms with Crippen molar-refractivity contribution in [1.29, 1.82) is 0 Å². The molecule has 1 amide bonds. The number of amides is 1. The molecule has 7 atom stereocenters. The van der Waals surface area contributed by atoms with E-state index in [2.05, 4.69) is 0 Å². The summed E-state index contributed by atoms with van der Waals surface area (Å²) in [7, 11) is 2.89. The number of carbonyl (C=O) groups is 5. The summed E-state index contributed by atoms with van der Waals surface area (Å²) < 4.78 is 0. The van der Waals surface area contributed by atoms with Crippen molar-refractivity contribution in [2.24, 2.45) is 29.4 Å². The van der Waals surface area contributed by atoms with Crippen molar-refractivity contribution < 1.29 is 39.3 Å². The highest BCUT2D eigenvalue weighted by molar-refractivity contribution is 6.33. The Morgan fingerprint density at radius 1 is 1.03 bits per heavy atom. The van der Waals surface area contributed by atoms with Crippen LogP contribution in [0.5, 0.6) is 5.75 Å². The first-order valence-electron chi connectivity index (χ1n) is 12.5. The average Bonchev–Trinajstić information content (AvgIpc) is 2.86. The number of nitrogens with two attached hydrogens (primary N) is 1. The third-order valence-electron chi connectivity index (χ3n) is 8.27. The van der Waals surface area contributed by atoms with Gasteiger partial charge in [-0.25, -0.2) is 0 Å². The first-order chi connectivity index (χ1) is 18.3. The maximum atomic E-state index is 14.1. The van der Waals surface area contributed by atoms with Gasteiger partial charge in [-0.15, -0.1) is 0 Å². The largest absolute Gasteiger partial charge is 0.507 e. The number of primary amides is 1. The minimum Gasteiger partial charge on any atom is -0.507 e. The number of aliphatic hydroxyl groups is 2. The number of aryl methyl sites for hydroxylation is 1. The second kappa shape index (κ2) is 9.04. The standard InChI is InChI=1S/C29H28N2O8/c1-12-7-9-13(10-8-12)11-15-14-5-4-6-16(32)17(14)23(33)19-18(15)24(34)21-22(31(2)3)25(35)20(28(30)38)27(37)29(21,39)26(19)36/h4-11,18-22,24,32,34,39H,1-3H3,(H2,30,38)/b15-11+/t18-,19?,20?,21-,22+,24+,29+/m1/s1. The zero-order valence-electron chi connectivity index (χ0n) is 21.5. The number of phenols is 1. The van der Waals surface area contributed by atoms with Crippen LogP contribution in [0.15, 0.2) is 42.5 Å². The summed E-state index contributed by atoms with van der Waals surface area (Å²) in [6.45, 7) is 1.90. The van der Waals surface area contributed by atoms with E-state index in [1.54, 1.807) is 24.3 Å². The Bertz CT molecular complexity index is 1480. The van der Waals surface area contributed by atoms with Crippen LogP contribution in [-0.2, 0) is 19.2 Å². The van der Waals surface area contributed by atoms with E-state index in [9.17, 15) is 39.3 Å². The van der Waals surface area contributed by atoms with Crippen molar-refractivity contribution in [3.63, 3.8) is 0 Å². The molecule has 39 heavy (non-hydrogen) atoms. The minimum atomic E-state index is -3.05. The van der Waals surface area contributed by atoms with Gasteiger partial charge < -0.3 is 21.1 Å². The fraction of sp³-hybridized carbons (Fsp3) is 0.345. The van der Waals surface area contributed by atoms with E-state index in [4.69, 9.17) is 5.73 Å². The van der Waals surface area contributed by atoms with Gasteiger partial charge >= 0.3 is 0 Å². The molecule has 0 aliphatic heterocycles. The number of likely N-dealkylation sites (N-methyl/N-ethyl adjacent to an activating group) is 1. The number of aliphatic hydroxyl groups excluding tert-OH is 1. The number of phenolic OH excluding ortho intramolecular Hbond substituents is 1. The van der Waals surface area contributed by atoms with E-state index in [1.165, 1.54) is 31.1 Å². The van der Waals surface area contributed by atoms with Gasteiger partial charge in [-0.05, 0) is 43.8 Å². The number of carbonyl (C=O) groups excluding carboxylic acids is 5. The molecule has 0 aromatic heterocycles. The molecule has 2 fully saturated rings. The van der Waals surface area contributed by atoms with Crippen LogP contribution in [0.1, 0.15) is 27.0 Å². The third-order valence-corrected chi connectivity index (χ3v) is 8.27. The highest BCUT2D eigenvalue weighted by Crippen LogP contribution is 2.54. The molecule has 0 spiro atoms.